The average molecular weight is 594 g/mol. The molecule has 5 heteroatoms. The molecular weight excluding hydrogens is 550 g/mol. The fourth-order valence-corrected chi connectivity index (χ4v) is 5.20. The molecule has 1 heterocycles. The molecule has 228 valence electrons. The van der Waals surface area contributed by atoms with Crippen LogP contribution in [0, 0.1) is 6.92 Å². The second-order valence-corrected chi connectivity index (χ2v) is 12.5. The van der Waals surface area contributed by atoms with Crippen LogP contribution in [0.25, 0.3) is 22.7 Å². The molecule has 0 saturated heterocycles. The Morgan fingerprint density at radius 3 is 2.18 bits per heavy atom. The first-order chi connectivity index (χ1) is 21.6. The van der Waals surface area contributed by atoms with Crippen LogP contribution in [0.3, 0.4) is 0 Å². The van der Waals surface area contributed by atoms with E-state index in [4.69, 9.17) is 4.98 Å². The predicted octanol–water partition coefficient (Wildman–Crippen LogP) is 9.72. The maximum absolute atomic E-state index is 4.85. The van der Waals surface area contributed by atoms with Gasteiger partial charge in [-0.25, -0.2) is 9.97 Å². The van der Waals surface area contributed by atoms with E-state index in [0.29, 0.717) is 5.95 Å². The van der Waals surface area contributed by atoms with Gasteiger partial charge >= 0.3 is 0 Å². The van der Waals surface area contributed by atoms with Gasteiger partial charge in [0.25, 0.3) is 0 Å². The molecule has 5 nitrogen and oxygen atoms in total. The van der Waals surface area contributed by atoms with E-state index >= 15 is 0 Å². The molecule has 0 unspecified atom stereocenters. The molecule has 4 aromatic carbocycles. The van der Waals surface area contributed by atoms with Gasteiger partial charge in [0.15, 0.2) is 0 Å². The SMILES string of the molecule is C=C(Nc1cccc(-c2ccnc(Nc3ccc(C(=C)N(C)CCc4ccccc4)cc3)n2)c1C)c1ccc(C(C)(C)C)cc1. The number of rotatable bonds is 11. The Labute approximate surface area is 268 Å². The highest BCUT2D eigenvalue weighted by Crippen LogP contribution is 2.31. The van der Waals surface area contributed by atoms with Crippen LogP contribution < -0.4 is 10.6 Å². The van der Waals surface area contributed by atoms with E-state index in [2.05, 4.69) is 141 Å². The first-order valence-electron chi connectivity index (χ1n) is 15.4. The molecule has 0 atom stereocenters. The van der Waals surface area contributed by atoms with Crippen molar-refractivity contribution >= 4 is 28.7 Å². The number of anilines is 3. The van der Waals surface area contributed by atoms with Crippen molar-refractivity contribution in [1.82, 2.24) is 14.9 Å². The van der Waals surface area contributed by atoms with Crippen molar-refractivity contribution in [2.45, 2.75) is 39.5 Å². The number of likely N-dealkylation sites (N-methyl/N-ethyl adjacent to an activating group) is 1. The number of nitrogens with one attached hydrogen (secondary N) is 2. The standard InChI is InChI=1S/C40H43N5/c1-28-36(14-11-15-37(28)42-29(2)32-16-20-34(21-17-32)40(4,5)6)38-24-26-41-39(44-38)43-35-22-18-33(19-23-35)30(3)45(7)27-25-31-12-9-8-10-13-31/h8-24,26,42H,2-3,25,27H2,1,4-7H3,(H,41,43,44). The van der Waals surface area contributed by atoms with Gasteiger partial charge in [-0.1, -0.05) is 113 Å². The zero-order chi connectivity index (χ0) is 32.0. The van der Waals surface area contributed by atoms with E-state index in [1.807, 2.05) is 30.3 Å². The van der Waals surface area contributed by atoms with Crippen LogP contribution in [0.1, 0.15) is 48.6 Å². The van der Waals surface area contributed by atoms with Gasteiger partial charge in [0.2, 0.25) is 5.95 Å². The summed E-state index contributed by atoms with van der Waals surface area (Å²) in [6.07, 6.45) is 2.76. The number of benzene rings is 4. The van der Waals surface area contributed by atoms with Crippen LogP contribution in [0.15, 0.2) is 122 Å². The van der Waals surface area contributed by atoms with Crippen molar-refractivity contribution in [2.24, 2.45) is 0 Å². The van der Waals surface area contributed by atoms with Crippen molar-refractivity contribution in [1.29, 1.82) is 0 Å². The van der Waals surface area contributed by atoms with Gasteiger partial charge in [0, 0.05) is 48.1 Å². The molecule has 45 heavy (non-hydrogen) atoms. The van der Waals surface area contributed by atoms with Crippen molar-refractivity contribution in [2.75, 3.05) is 24.2 Å². The molecule has 0 radical (unpaired) electrons. The highest BCUT2D eigenvalue weighted by molar-refractivity contribution is 5.81. The maximum Gasteiger partial charge on any atom is 0.227 e. The monoisotopic (exact) mass is 593 g/mol. The molecule has 0 fully saturated rings. The third kappa shape index (κ3) is 7.87. The third-order valence-corrected chi connectivity index (χ3v) is 8.16. The predicted molar refractivity (Wildman–Crippen MR) is 192 cm³/mol. The molecule has 5 aromatic rings. The Balaban J connectivity index is 1.24. The van der Waals surface area contributed by atoms with Gasteiger partial charge in [0.1, 0.15) is 0 Å². The van der Waals surface area contributed by atoms with E-state index in [1.165, 1.54) is 11.1 Å². The van der Waals surface area contributed by atoms with Gasteiger partial charge in [-0.2, -0.15) is 0 Å². The number of aromatic nitrogens is 2. The number of hydrogen-bond acceptors (Lipinski definition) is 5. The molecule has 0 spiro atoms. The summed E-state index contributed by atoms with van der Waals surface area (Å²) < 4.78 is 0. The second-order valence-electron chi connectivity index (χ2n) is 12.5. The van der Waals surface area contributed by atoms with Crippen molar-refractivity contribution in [3.05, 3.63) is 150 Å². The number of nitrogens with zero attached hydrogens (tertiary/aromatic N) is 3. The largest absolute Gasteiger partial charge is 0.374 e. The van der Waals surface area contributed by atoms with Crippen molar-refractivity contribution < 1.29 is 0 Å². The Hall–Kier alpha value is -5.16. The Morgan fingerprint density at radius 2 is 1.49 bits per heavy atom. The van der Waals surface area contributed by atoms with Gasteiger partial charge < -0.3 is 15.5 Å². The summed E-state index contributed by atoms with van der Waals surface area (Å²) in [5.41, 5.74) is 11.6. The molecular formula is C40H43N5. The van der Waals surface area contributed by atoms with Crippen LogP contribution in [0.5, 0.6) is 0 Å². The Bertz CT molecular complexity index is 1770. The average Bonchev–Trinajstić information content (AvgIpc) is 3.05. The first-order valence-corrected chi connectivity index (χ1v) is 15.4. The lowest BCUT2D eigenvalue weighted by Crippen LogP contribution is -2.19. The molecule has 0 aliphatic rings. The number of hydrogen-bond donors (Lipinski definition) is 2. The topological polar surface area (TPSA) is 53.1 Å². The van der Waals surface area contributed by atoms with Crippen LogP contribution in [-0.2, 0) is 11.8 Å². The summed E-state index contributed by atoms with van der Waals surface area (Å²) in [5.74, 6) is 0.542. The molecule has 0 amide bonds. The van der Waals surface area contributed by atoms with Gasteiger partial charge in [-0.15, -0.1) is 0 Å². The fraction of sp³-hybridized carbons (Fsp3) is 0.200. The Kier molecular flexibility index (Phi) is 9.48. The van der Waals surface area contributed by atoms with Crippen molar-refractivity contribution in [3.8, 4) is 11.3 Å². The minimum absolute atomic E-state index is 0.113. The lowest BCUT2D eigenvalue weighted by Gasteiger charge is -2.22. The summed E-state index contributed by atoms with van der Waals surface area (Å²) in [7, 11) is 2.09. The summed E-state index contributed by atoms with van der Waals surface area (Å²) in [5, 5.41) is 6.89. The van der Waals surface area contributed by atoms with Crippen molar-refractivity contribution in [3.63, 3.8) is 0 Å². The molecule has 1 aromatic heterocycles. The first kappa shape index (κ1) is 31.3. The van der Waals surface area contributed by atoms with E-state index in [9.17, 15) is 0 Å². The van der Waals surface area contributed by atoms with Gasteiger partial charge in [-0.05, 0) is 70.8 Å². The van der Waals surface area contributed by atoms with E-state index < -0.39 is 0 Å². The summed E-state index contributed by atoms with van der Waals surface area (Å²) >= 11 is 0. The minimum Gasteiger partial charge on any atom is -0.374 e. The zero-order valence-electron chi connectivity index (χ0n) is 27.1. The van der Waals surface area contributed by atoms with Gasteiger partial charge in [0.05, 0.1) is 5.69 Å². The lowest BCUT2D eigenvalue weighted by atomic mass is 9.86. The van der Waals surface area contributed by atoms with Crippen LogP contribution >= 0.6 is 0 Å². The van der Waals surface area contributed by atoms with Gasteiger partial charge in [-0.3, -0.25) is 0 Å². The third-order valence-electron chi connectivity index (χ3n) is 8.16. The molecule has 0 aliphatic heterocycles. The zero-order valence-corrected chi connectivity index (χ0v) is 27.1. The molecule has 2 N–H and O–H groups in total. The normalized spacial score (nSPS) is 11.1. The summed E-state index contributed by atoms with van der Waals surface area (Å²) in [6, 6.07) is 35.5. The maximum atomic E-state index is 4.85. The second kappa shape index (κ2) is 13.6. The van der Waals surface area contributed by atoms with E-state index in [0.717, 1.165) is 63.7 Å². The molecule has 5 rings (SSSR count). The van der Waals surface area contributed by atoms with E-state index in [1.54, 1.807) is 6.20 Å². The summed E-state index contributed by atoms with van der Waals surface area (Å²) in [6.45, 7) is 18.3. The Morgan fingerprint density at radius 1 is 0.800 bits per heavy atom. The fourth-order valence-electron chi connectivity index (χ4n) is 5.20. The highest BCUT2D eigenvalue weighted by Gasteiger charge is 2.14. The quantitative estimate of drug-likeness (QED) is 0.160. The highest BCUT2D eigenvalue weighted by atomic mass is 15.1. The van der Waals surface area contributed by atoms with Crippen LogP contribution in [0.4, 0.5) is 17.3 Å². The smallest absolute Gasteiger partial charge is 0.227 e. The molecule has 0 aliphatic carbocycles. The minimum atomic E-state index is 0.113. The lowest BCUT2D eigenvalue weighted by molar-refractivity contribution is 0.485. The molecule has 0 saturated carbocycles. The van der Waals surface area contributed by atoms with Crippen LogP contribution in [0.2, 0.25) is 0 Å². The summed E-state index contributed by atoms with van der Waals surface area (Å²) in [4.78, 5) is 11.5. The van der Waals surface area contributed by atoms with Crippen LogP contribution in [-0.4, -0.2) is 28.5 Å². The van der Waals surface area contributed by atoms with E-state index in [-0.39, 0.29) is 5.41 Å². The molecule has 0 bridgehead atoms.